The highest BCUT2D eigenvalue weighted by Gasteiger charge is 2.16. The van der Waals surface area contributed by atoms with Crippen LogP contribution >= 0.6 is 11.8 Å². The van der Waals surface area contributed by atoms with Gasteiger partial charge >= 0.3 is 0 Å². The maximum atomic E-state index is 5.43. The number of nitrogens with zero attached hydrogens (tertiary/aromatic N) is 2. The third-order valence-corrected chi connectivity index (χ3v) is 4.22. The minimum Gasteiger partial charge on any atom is -0.339 e. The fraction of sp³-hybridized carbons (Fsp3) is 0.818. The first-order chi connectivity index (χ1) is 7.88. The Hall–Kier alpha value is -0.550. The van der Waals surface area contributed by atoms with E-state index in [9.17, 15) is 0 Å². The van der Waals surface area contributed by atoms with Gasteiger partial charge in [0.05, 0.1) is 5.75 Å². The van der Waals surface area contributed by atoms with Crippen molar-refractivity contribution in [1.82, 2.24) is 10.1 Å². The van der Waals surface area contributed by atoms with E-state index in [2.05, 4.69) is 10.1 Å². The van der Waals surface area contributed by atoms with Gasteiger partial charge in [-0.05, 0) is 25.8 Å². The van der Waals surface area contributed by atoms with E-state index in [0.717, 1.165) is 35.6 Å². The molecule has 2 N–H and O–H groups in total. The molecule has 0 bridgehead atoms. The minimum absolute atomic E-state index is 0.675. The van der Waals surface area contributed by atoms with Crippen LogP contribution in [0.4, 0.5) is 0 Å². The Bertz CT molecular complexity index is 310. The summed E-state index contributed by atoms with van der Waals surface area (Å²) in [5, 5.41) is 4.79. The van der Waals surface area contributed by atoms with Crippen LogP contribution in [-0.4, -0.2) is 21.9 Å². The molecule has 5 heteroatoms. The zero-order chi connectivity index (χ0) is 11.2. The van der Waals surface area contributed by atoms with Gasteiger partial charge in [-0.25, -0.2) is 0 Å². The van der Waals surface area contributed by atoms with Crippen LogP contribution in [-0.2, 0) is 12.2 Å². The molecule has 0 amide bonds. The zero-order valence-corrected chi connectivity index (χ0v) is 10.3. The average Bonchev–Trinajstić information content (AvgIpc) is 2.95. The quantitative estimate of drug-likeness (QED) is 0.826. The van der Waals surface area contributed by atoms with Crippen LogP contribution in [0.25, 0.3) is 0 Å². The van der Waals surface area contributed by atoms with E-state index in [1.807, 2.05) is 11.8 Å². The predicted octanol–water partition coefficient (Wildman–Crippen LogP) is 2.14. The Kier molecular flexibility index (Phi) is 4.66. The molecule has 1 aliphatic rings. The van der Waals surface area contributed by atoms with E-state index in [4.69, 9.17) is 10.3 Å². The number of thioether (sulfide) groups is 1. The van der Waals surface area contributed by atoms with Gasteiger partial charge in [0.1, 0.15) is 0 Å². The lowest BCUT2D eigenvalue weighted by molar-refractivity contribution is 0.372. The van der Waals surface area contributed by atoms with Crippen LogP contribution in [0.1, 0.15) is 43.8 Å². The molecular formula is C11H19N3OS. The van der Waals surface area contributed by atoms with E-state index in [0.29, 0.717) is 6.54 Å². The molecule has 1 aromatic heterocycles. The highest BCUT2D eigenvalue weighted by atomic mass is 32.2. The van der Waals surface area contributed by atoms with E-state index in [1.54, 1.807) is 0 Å². The standard InChI is InChI=1S/C11H19N3OS/c12-7-3-6-11-13-10(14-15-11)8-16-9-4-1-2-5-9/h9H,1-8,12H2. The molecule has 2 rings (SSSR count). The van der Waals surface area contributed by atoms with Gasteiger partial charge in [0.2, 0.25) is 5.89 Å². The summed E-state index contributed by atoms with van der Waals surface area (Å²) in [6.07, 6.45) is 7.18. The number of aromatic nitrogens is 2. The summed E-state index contributed by atoms with van der Waals surface area (Å²) in [7, 11) is 0. The maximum Gasteiger partial charge on any atom is 0.226 e. The highest BCUT2D eigenvalue weighted by molar-refractivity contribution is 7.99. The van der Waals surface area contributed by atoms with Crippen molar-refractivity contribution < 1.29 is 4.52 Å². The van der Waals surface area contributed by atoms with Crippen molar-refractivity contribution in [2.75, 3.05) is 6.54 Å². The Morgan fingerprint density at radius 2 is 2.19 bits per heavy atom. The van der Waals surface area contributed by atoms with Gasteiger partial charge in [0.15, 0.2) is 5.82 Å². The summed E-state index contributed by atoms with van der Waals surface area (Å²) in [5.74, 6) is 2.45. The van der Waals surface area contributed by atoms with E-state index in [-0.39, 0.29) is 0 Å². The van der Waals surface area contributed by atoms with Crippen LogP contribution in [0, 0.1) is 0 Å². The Balaban J connectivity index is 1.73. The normalized spacial score (nSPS) is 17.1. The SMILES string of the molecule is NCCCc1nc(CSC2CCCC2)no1. The summed E-state index contributed by atoms with van der Waals surface area (Å²) in [4.78, 5) is 4.35. The third kappa shape index (κ3) is 3.49. The van der Waals surface area contributed by atoms with Crippen molar-refractivity contribution in [3.8, 4) is 0 Å². The summed E-state index contributed by atoms with van der Waals surface area (Å²) < 4.78 is 5.15. The average molecular weight is 241 g/mol. The van der Waals surface area contributed by atoms with Gasteiger partial charge < -0.3 is 10.3 Å². The second kappa shape index (κ2) is 6.25. The van der Waals surface area contributed by atoms with Crippen LogP contribution < -0.4 is 5.73 Å². The van der Waals surface area contributed by atoms with Gasteiger partial charge in [0.25, 0.3) is 0 Å². The van der Waals surface area contributed by atoms with Crippen LogP contribution in [0.3, 0.4) is 0 Å². The summed E-state index contributed by atoms with van der Waals surface area (Å²) >= 11 is 1.96. The van der Waals surface area contributed by atoms with E-state index in [1.165, 1.54) is 25.7 Å². The van der Waals surface area contributed by atoms with Crippen molar-refractivity contribution >= 4 is 11.8 Å². The first-order valence-corrected chi connectivity index (χ1v) is 7.06. The molecule has 0 aromatic carbocycles. The molecule has 0 saturated heterocycles. The van der Waals surface area contributed by atoms with Gasteiger partial charge in [-0.3, -0.25) is 0 Å². The molecule has 0 spiro atoms. The molecule has 4 nitrogen and oxygen atoms in total. The molecule has 0 atom stereocenters. The first-order valence-electron chi connectivity index (χ1n) is 6.01. The van der Waals surface area contributed by atoms with Crippen LogP contribution in [0.5, 0.6) is 0 Å². The minimum atomic E-state index is 0.675. The number of rotatable bonds is 6. The van der Waals surface area contributed by atoms with Gasteiger partial charge in [-0.2, -0.15) is 16.7 Å². The predicted molar refractivity (Wildman–Crippen MR) is 65.2 cm³/mol. The lowest BCUT2D eigenvalue weighted by atomic mass is 10.3. The molecular weight excluding hydrogens is 222 g/mol. The summed E-state index contributed by atoms with van der Waals surface area (Å²) in [6.45, 7) is 0.675. The van der Waals surface area contributed by atoms with Crippen molar-refractivity contribution in [2.45, 2.75) is 49.5 Å². The molecule has 0 unspecified atom stereocenters. The number of nitrogens with two attached hydrogens (primary N) is 1. The zero-order valence-electron chi connectivity index (χ0n) is 9.52. The van der Waals surface area contributed by atoms with Crippen molar-refractivity contribution in [3.05, 3.63) is 11.7 Å². The second-order valence-electron chi connectivity index (χ2n) is 4.21. The van der Waals surface area contributed by atoms with Gasteiger partial charge in [0, 0.05) is 11.7 Å². The molecule has 1 saturated carbocycles. The molecule has 1 heterocycles. The lowest BCUT2D eigenvalue weighted by Crippen LogP contribution is -2.00. The molecule has 1 fully saturated rings. The fourth-order valence-electron chi connectivity index (χ4n) is 1.95. The topological polar surface area (TPSA) is 64.9 Å². The van der Waals surface area contributed by atoms with Gasteiger partial charge in [-0.15, -0.1) is 0 Å². The van der Waals surface area contributed by atoms with E-state index < -0.39 is 0 Å². The highest BCUT2D eigenvalue weighted by Crippen LogP contribution is 2.30. The Morgan fingerprint density at radius 3 is 2.94 bits per heavy atom. The molecule has 0 radical (unpaired) electrons. The largest absolute Gasteiger partial charge is 0.339 e. The Morgan fingerprint density at radius 1 is 1.38 bits per heavy atom. The molecule has 16 heavy (non-hydrogen) atoms. The van der Waals surface area contributed by atoms with Crippen molar-refractivity contribution in [1.29, 1.82) is 0 Å². The van der Waals surface area contributed by atoms with Crippen molar-refractivity contribution in [3.63, 3.8) is 0 Å². The number of hydrogen-bond donors (Lipinski definition) is 1. The maximum absolute atomic E-state index is 5.43. The molecule has 1 aliphatic carbocycles. The molecule has 90 valence electrons. The first kappa shape index (κ1) is 11.9. The number of hydrogen-bond acceptors (Lipinski definition) is 5. The van der Waals surface area contributed by atoms with Gasteiger partial charge in [-0.1, -0.05) is 18.0 Å². The second-order valence-corrected chi connectivity index (χ2v) is 5.50. The molecule has 1 aromatic rings. The fourth-order valence-corrected chi connectivity index (χ4v) is 3.12. The monoisotopic (exact) mass is 241 g/mol. The van der Waals surface area contributed by atoms with Crippen molar-refractivity contribution in [2.24, 2.45) is 5.73 Å². The summed E-state index contributed by atoms with van der Waals surface area (Å²) in [6, 6.07) is 0. The third-order valence-electron chi connectivity index (χ3n) is 2.86. The lowest BCUT2D eigenvalue weighted by Gasteiger charge is -2.04. The smallest absolute Gasteiger partial charge is 0.226 e. The van der Waals surface area contributed by atoms with Crippen LogP contribution in [0.15, 0.2) is 4.52 Å². The Labute approximate surface area is 100 Å². The van der Waals surface area contributed by atoms with E-state index >= 15 is 0 Å². The summed E-state index contributed by atoms with van der Waals surface area (Å²) in [5.41, 5.74) is 5.43. The van der Waals surface area contributed by atoms with Crippen LogP contribution in [0.2, 0.25) is 0 Å². The number of aryl methyl sites for hydroxylation is 1. The molecule has 0 aliphatic heterocycles.